The summed E-state index contributed by atoms with van der Waals surface area (Å²) in [6.07, 6.45) is 0.449. The summed E-state index contributed by atoms with van der Waals surface area (Å²) in [5.41, 5.74) is 0.925. The quantitative estimate of drug-likeness (QED) is 0.794. The highest BCUT2D eigenvalue weighted by atomic mass is 16.4. The first kappa shape index (κ1) is 15.7. The SMILES string of the molecule is CC(=O)NCC(=O)N(C)CCc1ccccc1C(=O)O. The highest BCUT2D eigenvalue weighted by Gasteiger charge is 2.12. The molecule has 0 bridgehead atoms. The van der Waals surface area contributed by atoms with Crippen molar-refractivity contribution in [3.63, 3.8) is 0 Å². The normalized spacial score (nSPS) is 9.90. The monoisotopic (exact) mass is 278 g/mol. The maximum atomic E-state index is 11.7. The molecule has 1 aromatic rings. The molecule has 0 saturated heterocycles. The summed E-state index contributed by atoms with van der Waals surface area (Å²) >= 11 is 0. The van der Waals surface area contributed by atoms with Crippen molar-refractivity contribution in [2.45, 2.75) is 13.3 Å². The Hall–Kier alpha value is -2.37. The van der Waals surface area contributed by atoms with Gasteiger partial charge in [-0.25, -0.2) is 4.79 Å². The number of carbonyl (C=O) groups is 3. The number of hydrogen-bond acceptors (Lipinski definition) is 3. The molecule has 108 valence electrons. The predicted molar refractivity (Wildman–Crippen MR) is 73.4 cm³/mol. The van der Waals surface area contributed by atoms with Crippen molar-refractivity contribution >= 4 is 17.8 Å². The lowest BCUT2D eigenvalue weighted by Crippen LogP contribution is -2.38. The zero-order valence-electron chi connectivity index (χ0n) is 11.5. The summed E-state index contributed by atoms with van der Waals surface area (Å²) in [4.78, 5) is 34.9. The molecule has 0 heterocycles. The number of likely N-dealkylation sites (N-methyl/N-ethyl adjacent to an activating group) is 1. The Morgan fingerprint density at radius 3 is 2.50 bits per heavy atom. The lowest BCUT2D eigenvalue weighted by molar-refractivity contribution is -0.131. The summed E-state index contributed by atoms with van der Waals surface area (Å²) in [7, 11) is 1.62. The molecule has 6 heteroatoms. The zero-order chi connectivity index (χ0) is 15.1. The molecule has 0 atom stereocenters. The first-order valence-electron chi connectivity index (χ1n) is 6.21. The number of hydrogen-bond donors (Lipinski definition) is 2. The molecule has 0 aliphatic carbocycles. The molecule has 2 N–H and O–H groups in total. The Bertz CT molecular complexity index is 514. The molecule has 2 amide bonds. The van der Waals surface area contributed by atoms with E-state index in [1.807, 2.05) is 0 Å². The highest BCUT2D eigenvalue weighted by molar-refractivity contribution is 5.89. The Morgan fingerprint density at radius 2 is 1.90 bits per heavy atom. The molecule has 0 saturated carbocycles. The van der Waals surface area contributed by atoms with Crippen LogP contribution < -0.4 is 5.32 Å². The first-order chi connectivity index (χ1) is 9.41. The number of nitrogens with zero attached hydrogens (tertiary/aromatic N) is 1. The van der Waals surface area contributed by atoms with E-state index in [9.17, 15) is 14.4 Å². The van der Waals surface area contributed by atoms with Crippen LogP contribution in [0.15, 0.2) is 24.3 Å². The Labute approximate surface area is 117 Å². The third kappa shape index (κ3) is 4.72. The molecule has 1 rings (SSSR count). The minimum atomic E-state index is -0.979. The maximum Gasteiger partial charge on any atom is 0.335 e. The third-order valence-corrected chi connectivity index (χ3v) is 2.88. The molecular formula is C14H18N2O4. The molecule has 0 spiro atoms. The van der Waals surface area contributed by atoms with Gasteiger partial charge in [-0.1, -0.05) is 18.2 Å². The topological polar surface area (TPSA) is 86.7 Å². The predicted octanol–water partition coefficient (Wildman–Crippen LogP) is 0.522. The van der Waals surface area contributed by atoms with Gasteiger partial charge in [0, 0.05) is 20.5 Å². The molecule has 0 aromatic heterocycles. The number of nitrogens with one attached hydrogen (secondary N) is 1. The average molecular weight is 278 g/mol. The minimum Gasteiger partial charge on any atom is -0.478 e. The van der Waals surface area contributed by atoms with Crippen molar-refractivity contribution < 1.29 is 19.5 Å². The Morgan fingerprint density at radius 1 is 1.25 bits per heavy atom. The fraction of sp³-hybridized carbons (Fsp3) is 0.357. The molecule has 0 fully saturated rings. The number of benzene rings is 1. The zero-order valence-corrected chi connectivity index (χ0v) is 11.5. The van der Waals surface area contributed by atoms with Crippen LogP contribution in [0.4, 0.5) is 0 Å². The Kier molecular flexibility index (Phi) is 5.71. The highest BCUT2D eigenvalue weighted by Crippen LogP contribution is 2.10. The van der Waals surface area contributed by atoms with E-state index in [4.69, 9.17) is 5.11 Å². The number of amides is 2. The summed E-state index contributed by atoms with van der Waals surface area (Å²) in [5.74, 6) is -1.45. The van der Waals surface area contributed by atoms with Crippen LogP contribution in [0.1, 0.15) is 22.8 Å². The molecule has 6 nitrogen and oxygen atoms in total. The van der Waals surface area contributed by atoms with Crippen LogP contribution in [0.25, 0.3) is 0 Å². The minimum absolute atomic E-state index is 0.0492. The fourth-order valence-corrected chi connectivity index (χ4v) is 1.69. The second-order valence-electron chi connectivity index (χ2n) is 4.44. The van der Waals surface area contributed by atoms with E-state index in [0.717, 1.165) is 0 Å². The van der Waals surface area contributed by atoms with Crippen LogP contribution in [0, 0.1) is 0 Å². The second-order valence-corrected chi connectivity index (χ2v) is 4.44. The molecule has 0 unspecified atom stereocenters. The van der Waals surface area contributed by atoms with Crippen LogP contribution in [0.2, 0.25) is 0 Å². The van der Waals surface area contributed by atoms with Gasteiger partial charge in [0.1, 0.15) is 0 Å². The smallest absolute Gasteiger partial charge is 0.335 e. The number of aromatic carboxylic acids is 1. The number of carboxylic acid groups (broad SMARTS) is 1. The summed E-state index contributed by atoms with van der Waals surface area (Å²) in [6, 6.07) is 6.70. The van der Waals surface area contributed by atoms with E-state index in [-0.39, 0.29) is 23.9 Å². The van der Waals surface area contributed by atoms with Gasteiger partial charge in [-0.15, -0.1) is 0 Å². The summed E-state index contributed by atoms with van der Waals surface area (Å²) in [6.45, 7) is 1.69. The standard InChI is InChI=1S/C14H18N2O4/c1-10(17)15-9-13(18)16(2)8-7-11-5-3-4-6-12(11)14(19)20/h3-6H,7-9H2,1-2H3,(H,15,17)(H,19,20). The van der Waals surface area contributed by atoms with Crippen LogP contribution in [0.5, 0.6) is 0 Å². The van der Waals surface area contributed by atoms with Gasteiger partial charge in [0.15, 0.2) is 0 Å². The van der Waals surface area contributed by atoms with Crippen molar-refractivity contribution in [2.24, 2.45) is 0 Å². The van der Waals surface area contributed by atoms with Crippen molar-refractivity contribution in [1.82, 2.24) is 10.2 Å². The van der Waals surface area contributed by atoms with Crippen molar-refractivity contribution in [2.75, 3.05) is 20.1 Å². The number of carbonyl (C=O) groups excluding carboxylic acids is 2. The van der Waals surface area contributed by atoms with Crippen molar-refractivity contribution in [3.05, 3.63) is 35.4 Å². The van der Waals surface area contributed by atoms with Gasteiger partial charge in [0.05, 0.1) is 12.1 Å². The van der Waals surface area contributed by atoms with E-state index >= 15 is 0 Å². The molecule has 0 aliphatic rings. The average Bonchev–Trinajstić information content (AvgIpc) is 2.42. The third-order valence-electron chi connectivity index (χ3n) is 2.88. The summed E-state index contributed by atoms with van der Waals surface area (Å²) in [5, 5.41) is 11.5. The maximum absolute atomic E-state index is 11.7. The van der Waals surface area contributed by atoms with E-state index in [0.29, 0.717) is 18.5 Å². The number of rotatable bonds is 6. The molecule has 0 radical (unpaired) electrons. The van der Waals surface area contributed by atoms with E-state index in [2.05, 4.69) is 5.32 Å². The second kappa shape index (κ2) is 7.28. The van der Waals surface area contributed by atoms with Crippen molar-refractivity contribution in [3.8, 4) is 0 Å². The van der Waals surface area contributed by atoms with Gasteiger partial charge in [-0.2, -0.15) is 0 Å². The van der Waals surface area contributed by atoms with E-state index < -0.39 is 5.97 Å². The van der Waals surface area contributed by atoms with E-state index in [1.165, 1.54) is 17.9 Å². The number of carboxylic acids is 1. The lowest BCUT2D eigenvalue weighted by atomic mass is 10.0. The van der Waals surface area contributed by atoms with Gasteiger partial charge >= 0.3 is 5.97 Å². The fourth-order valence-electron chi connectivity index (χ4n) is 1.69. The first-order valence-corrected chi connectivity index (χ1v) is 6.21. The van der Waals surface area contributed by atoms with Gasteiger partial charge in [0.2, 0.25) is 11.8 Å². The van der Waals surface area contributed by atoms with Gasteiger partial charge in [-0.3, -0.25) is 9.59 Å². The van der Waals surface area contributed by atoms with Crippen LogP contribution >= 0.6 is 0 Å². The van der Waals surface area contributed by atoms with Crippen molar-refractivity contribution in [1.29, 1.82) is 0 Å². The molecule has 1 aromatic carbocycles. The molecule has 0 aliphatic heterocycles. The van der Waals surface area contributed by atoms with Crippen LogP contribution in [0.3, 0.4) is 0 Å². The van der Waals surface area contributed by atoms with Gasteiger partial charge in [0.25, 0.3) is 0 Å². The molecule has 20 heavy (non-hydrogen) atoms. The lowest BCUT2D eigenvalue weighted by Gasteiger charge is -2.17. The van der Waals surface area contributed by atoms with Gasteiger partial charge < -0.3 is 15.3 Å². The van der Waals surface area contributed by atoms with Gasteiger partial charge in [-0.05, 0) is 18.1 Å². The molecular weight excluding hydrogens is 260 g/mol. The van der Waals surface area contributed by atoms with E-state index in [1.54, 1.807) is 25.2 Å². The Balaban J connectivity index is 2.56. The van der Waals surface area contributed by atoms with Crippen LogP contribution in [-0.2, 0) is 16.0 Å². The summed E-state index contributed by atoms with van der Waals surface area (Å²) < 4.78 is 0. The largest absolute Gasteiger partial charge is 0.478 e. The van der Waals surface area contributed by atoms with Crippen LogP contribution in [-0.4, -0.2) is 47.9 Å².